The van der Waals surface area contributed by atoms with E-state index in [4.69, 9.17) is 0 Å². The first kappa shape index (κ1) is 15.8. The molecule has 4 bridgehead atoms. The van der Waals surface area contributed by atoms with Gasteiger partial charge in [-0.05, 0) is 68.4 Å². The zero-order valence-electron chi connectivity index (χ0n) is 13.3. The van der Waals surface area contributed by atoms with Crippen LogP contribution in [0.2, 0.25) is 0 Å². The molecule has 4 aliphatic rings. The number of benzene rings is 1. The molecule has 0 saturated heterocycles. The van der Waals surface area contributed by atoms with Crippen molar-refractivity contribution in [2.45, 2.75) is 44.7 Å². The number of nitrogens with one attached hydrogen (secondary N) is 2. The van der Waals surface area contributed by atoms with E-state index >= 15 is 0 Å². The van der Waals surface area contributed by atoms with Crippen molar-refractivity contribution in [3.8, 4) is 0 Å². The standard InChI is InChI=1S/C18H21F3N2O/c19-18(20,21)14-3-1-2-4-15(14)22-23-16(24)17-8-11-5-12(9-17)7-13(6-11)10-17/h1-4,11-13,22H,5-10H2,(H,23,24). The van der Waals surface area contributed by atoms with Gasteiger partial charge in [0, 0.05) is 0 Å². The van der Waals surface area contributed by atoms with Crippen molar-refractivity contribution in [2.24, 2.45) is 23.2 Å². The van der Waals surface area contributed by atoms with Crippen LogP contribution in [0, 0.1) is 23.2 Å². The van der Waals surface area contributed by atoms with E-state index in [1.807, 2.05) is 0 Å². The maximum absolute atomic E-state index is 13.0. The smallest absolute Gasteiger partial charge is 0.298 e. The maximum Gasteiger partial charge on any atom is 0.418 e. The third kappa shape index (κ3) is 2.66. The molecule has 2 N–H and O–H groups in total. The summed E-state index contributed by atoms with van der Waals surface area (Å²) in [6.07, 6.45) is 1.86. The Kier molecular flexibility index (Phi) is 3.55. The number of hydrogen-bond donors (Lipinski definition) is 2. The molecule has 0 aliphatic heterocycles. The second-order valence-electron chi connectivity index (χ2n) is 7.82. The molecule has 3 nitrogen and oxygen atoms in total. The molecule has 0 aromatic heterocycles. The number of amides is 1. The number of hydrazine groups is 1. The molecule has 0 heterocycles. The Bertz CT molecular complexity index is 621. The third-order valence-corrected chi connectivity index (χ3v) is 6.06. The zero-order valence-corrected chi connectivity index (χ0v) is 13.3. The highest BCUT2D eigenvalue weighted by Gasteiger charge is 2.54. The topological polar surface area (TPSA) is 41.1 Å². The van der Waals surface area contributed by atoms with Gasteiger partial charge in [-0.2, -0.15) is 13.2 Å². The number of halogens is 3. The molecule has 1 aromatic rings. The van der Waals surface area contributed by atoms with Gasteiger partial charge in [-0.1, -0.05) is 12.1 Å². The van der Waals surface area contributed by atoms with Gasteiger partial charge in [0.15, 0.2) is 0 Å². The SMILES string of the molecule is O=C(NNc1ccccc1C(F)(F)F)C12CC3CC(CC(C3)C1)C2. The normalized spacial score (nSPS) is 34.2. The Morgan fingerprint density at radius 3 is 2.08 bits per heavy atom. The fourth-order valence-corrected chi connectivity index (χ4v) is 5.48. The fraction of sp³-hybridized carbons (Fsp3) is 0.611. The van der Waals surface area contributed by atoms with Gasteiger partial charge in [-0.15, -0.1) is 0 Å². The van der Waals surface area contributed by atoms with E-state index < -0.39 is 11.7 Å². The molecular weight excluding hydrogens is 317 g/mol. The summed E-state index contributed by atoms with van der Waals surface area (Å²) in [6.45, 7) is 0. The van der Waals surface area contributed by atoms with Crippen LogP contribution < -0.4 is 10.9 Å². The van der Waals surface area contributed by atoms with Gasteiger partial charge in [0.25, 0.3) is 0 Å². The second-order valence-corrected chi connectivity index (χ2v) is 7.82. The van der Waals surface area contributed by atoms with Crippen molar-refractivity contribution >= 4 is 11.6 Å². The number of alkyl halides is 3. The Morgan fingerprint density at radius 1 is 1.00 bits per heavy atom. The minimum atomic E-state index is -4.45. The Hall–Kier alpha value is -1.72. The van der Waals surface area contributed by atoms with E-state index in [0.29, 0.717) is 17.8 Å². The second kappa shape index (κ2) is 5.39. The number of rotatable bonds is 3. The number of carbonyl (C=O) groups excluding carboxylic acids is 1. The van der Waals surface area contributed by atoms with Gasteiger partial charge < -0.3 is 0 Å². The minimum Gasteiger partial charge on any atom is -0.298 e. The fourth-order valence-electron chi connectivity index (χ4n) is 5.48. The van der Waals surface area contributed by atoms with E-state index in [-0.39, 0.29) is 17.0 Å². The number of anilines is 1. The van der Waals surface area contributed by atoms with Gasteiger partial charge in [0.05, 0.1) is 16.7 Å². The minimum absolute atomic E-state index is 0.108. The predicted molar refractivity (Wildman–Crippen MR) is 83.8 cm³/mol. The van der Waals surface area contributed by atoms with Crippen molar-refractivity contribution in [1.82, 2.24) is 5.43 Å². The summed E-state index contributed by atoms with van der Waals surface area (Å²) in [5, 5.41) is 0. The summed E-state index contributed by atoms with van der Waals surface area (Å²) < 4.78 is 39.1. The lowest BCUT2D eigenvalue weighted by atomic mass is 9.49. The molecule has 5 rings (SSSR count). The van der Waals surface area contributed by atoms with Crippen LogP contribution in [-0.2, 0) is 11.0 Å². The molecular formula is C18H21F3N2O. The van der Waals surface area contributed by atoms with Gasteiger partial charge in [0.1, 0.15) is 0 Å². The first-order chi connectivity index (χ1) is 11.4. The molecule has 0 radical (unpaired) electrons. The van der Waals surface area contributed by atoms with Crippen molar-refractivity contribution in [1.29, 1.82) is 0 Å². The highest BCUT2D eigenvalue weighted by molar-refractivity contribution is 5.84. The molecule has 4 aliphatic carbocycles. The lowest BCUT2D eigenvalue weighted by Gasteiger charge is -2.55. The largest absolute Gasteiger partial charge is 0.418 e. The van der Waals surface area contributed by atoms with Crippen molar-refractivity contribution in [2.75, 3.05) is 5.43 Å². The van der Waals surface area contributed by atoms with E-state index in [1.165, 1.54) is 37.5 Å². The number of hydrogen-bond acceptors (Lipinski definition) is 2. The quantitative estimate of drug-likeness (QED) is 0.804. The van der Waals surface area contributed by atoms with Crippen molar-refractivity contribution < 1.29 is 18.0 Å². The average Bonchev–Trinajstić information content (AvgIpc) is 2.50. The van der Waals surface area contributed by atoms with Crippen LogP contribution in [0.1, 0.15) is 44.1 Å². The maximum atomic E-state index is 13.0. The van der Waals surface area contributed by atoms with E-state index in [1.54, 1.807) is 0 Å². The van der Waals surface area contributed by atoms with Gasteiger partial charge >= 0.3 is 6.18 Å². The Morgan fingerprint density at radius 2 is 1.54 bits per heavy atom. The van der Waals surface area contributed by atoms with Gasteiger partial charge in [0.2, 0.25) is 5.91 Å². The van der Waals surface area contributed by atoms with Crippen LogP contribution in [0.3, 0.4) is 0 Å². The van der Waals surface area contributed by atoms with Crippen LogP contribution in [0.5, 0.6) is 0 Å². The predicted octanol–water partition coefficient (Wildman–Crippen LogP) is 4.36. The highest BCUT2D eigenvalue weighted by atomic mass is 19.4. The molecule has 24 heavy (non-hydrogen) atoms. The van der Waals surface area contributed by atoms with E-state index in [2.05, 4.69) is 10.9 Å². The van der Waals surface area contributed by atoms with Crippen molar-refractivity contribution in [3.05, 3.63) is 29.8 Å². The summed E-state index contributed by atoms with van der Waals surface area (Å²) in [7, 11) is 0. The van der Waals surface area contributed by atoms with Gasteiger partial charge in [-0.3, -0.25) is 15.6 Å². The Labute approximate surface area is 139 Å². The zero-order chi connectivity index (χ0) is 16.9. The summed E-state index contributed by atoms with van der Waals surface area (Å²) in [5.41, 5.74) is 3.85. The summed E-state index contributed by atoms with van der Waals surface area (Å²) >= 11 is 0. The monoisotopic (exact) mass is 338 g/mol. The lowest BCUT2D eigenvalue weighted by Crippen LogP contribution is -2.54. The van der Waals surface area contributed by atoms with E-state index in [0.717, 1.165) is 25.3 Å². The van der Waals surface area contributed by atoms with E-state index in [9.17, 15) is 18.0 Å². The number of para-hydroxylation sites is 1. The van der Waals surface area contributed by atoms with Crippen LogP contribution in [0.15, 0.2) is 24.3 Å². The molecule has 0 spiro atoms. The number of carbonyl (C=O) groups is 1. The molecule has 130 valence electrons. The molecule has 1 amide bonds. The van der Waals surface area contributed by atoms with Crippen LogP contribution in [-0.4, -0.2) is 5.91 Å². The highest BCUT2D eigenvalue weighted by Crippen LogP contribution is 2.60. The van der Waals surface area contributed by atoms with Crippen LogP contribution in [0.4, 0.5) is 18.9 Å². The summed E-state index contributed by atoms with van der Waals surface area (Å²) in [6, 6.07) is 5.21. The van der Waals surface area contributed by atoms with Gasteiger partial charge in [-0.25, -0.2) is 0 Å². The lowest BCUT2D eigenvalue weighted by molar-refractivity contribution is -0.146. The molecule has 0 unspecified atom stereocenters. The third-order valence-electron chi connectivity index (χ3n) is 6.06. The van der Waals surface area contributed by atoms with Crippen LogP contribution >= 0.6 is 0 Å². The summed E-state index contributed by atoms with van der Waals surface area (Å²) in [5.74, 6) is 1.71. The first-order valence-corrected chi connectivity index (χ1v) is 8.58. The molecule has 4 saturated carbocycles. The molecule has 4 fully saturated rings. The first-order valence-electron chi connectivity index (χ1n) is 8.58. The average molecular weight is 338 g/mol. The molecule has 6 heteroatoms. The van der Waals surface area contributed by atoms with Crippen molar-refractivity contribution in [3.63, 3.8) is 0 Å². The summed E-state index contributed by atoms with van der Waals surface area (Å²) in [4.78, 5) is 12.8. The molecule has 1 aromatic carbocycles. The molecule has 0 atom stereocenters. The van der Waals surface area contributed by atoms with Crippen LogP contribution in [0.25, 0.3) is 0 Å². The Balaban J connectivity index is 1.48.